The van der Waals surface area contributed by atoms with Crippen LogP contribution >= 0.6 is 0 Å². The van der Waals surface area contributed by atoms with Crippen LogP contribution in [0.3, 0.4) is 0 Å². The van der Waals surface area contributed by atoms with Crippen LogP contribution in [-0.4, -0.2) is 66.9 Å². The number of amides is 1. The molecule has 0 heterocycles. The lowest BCUT2D eigenvalue weighted by molar-refractivity contribution is -0.919. The predicted octanol–water partition coefficient (Wildman–Crippen LogP) is 6.41. The molecule has 5 nitrogen and oxygen atoms in total. The largest absolute Gasteiger partial charge is 0.324 e. The summed E-state index contributed by atoms with van der Waals surface area (Å²) in [5, 5.41) is 3.15. The summed E-state index contributed by atoms with van der Waals surface area (Å²) in [6.45, 7) is 20.6. The number of unbranched alkanes of at least 4 members (excludes halogenated alkanes) is 1. The Balaban J connectivity index is 2.02. The van der Waals surface area contributed by atoms with Crippen LogP contribution in [0.25, 0.3) is 0 Å². The zero-order valence-corrected chi connectivity index (χ0v) is 25.2. The van der Waals surface area contributed by atoms with E-state index in [1.54, 1.807) is 0 Å². The topological polar surface area (TPSA) is 49.4 Å². The minimum atomic E-state index is 0.0482. The molecule has 210 valence electrons. The standard InChI is InChI=1S/C33H51N3O2/c1-8-11-19-35(24-32(38)34-33-28(6)17-13-18-29(33)7)20-14-22-36(10-3,21-9-2)25-30(37)23-31-26(4)15-12-16-27(31)5/h12-13,15-18H,8-11,14,19-25H2,1-7H3/p+1. The van der Waals surface area contributed by atoms with Gasteiger partial charge >= 0.3 is 0 Å². The number of hydrogen-bond donors (Lipinski definition) is 1. The lowest BCUT2D eigenvalue weighted by Gasteiger charge is -2.38. The molecule has 0 aliphatic heterocycles. The molecule has 2 aromatic rings. The van der Waals surface area contributed by atoms with Crippen molar-refractivity contribution in [1.82, 2.24) is 4.90 Å². The Morgan fingerprint density at radius 3 is 1.92 bits per heavy atom. The summed E-state index contributed by atoms with van der Waals surface area (Å²) in [5.74, 6) is 0.376. The van der Waals surface area contributed by atoms with Crippen molar-refractivity contribution >= 4 is 17.4 Å². The number of rotatable bonds is 17. The van der Waals surface area contributed by atoms with Crippen LogP contribution < -0.4 is 5.32 Å². The molecule has 0 aliphatic carbocycles. The van der Waals surface area contributed by atoms with Gasteiger partial charge in [0.15, 0.2) is 5.78 Å². The van der Waals surface area contributed by atoms with Crippen LogP contribution in [0.2, 0.25) is 0 Å². The van der Waals surface area contributed by atoms with Crippen LogP contribution in [0.1, 0.15) is 74.3 Å². The molecule has 5 heteroatoms. The van der Waals surface area contributed by atoms with E-state index in [1.807, 2.05) is 32.0 Å². The van der Waals surface area contributed by atoms with Gasteiger partial charge in [0.25, 0.3) is 0 Å². The first kappa shape index (κ1) is 31.7. The van der Waals surface area contributed by atoms with Gasteiger partial charge in [-0.15, -0.1) is 0 Å². The number of nitrogens with one attached hydrogen (secondary N) is 1. The number of nitrogens with zero attached hydrogens (tertiary/aromatic N) is 2. The highest BCUT2D eigenvalue weighted by molar-refractivity contribution is 5.93. The maximum atomic E-state index is 13.3. The fourth-order valence-corrected chi connectivity index (χ4v) is 5.60. The van der Waals surface area contributed by atoms with Crippen molar-refractivity contribution in [3.63, 3.8) is 0 Å². The summed E-state index contributed by atoms with van der Waals surface area (Å²) in [7, 11) is 0. The second-order valence-corrected chi connectivity index (χ2v) is 11.1. The smallest absolute Gasteiger partial charge is 0.238 e. The Morgan fingerprint density at radius 1 is 0.789 bits per heavy atom. The van der Waals surface area contributed by atoms with Crippen LogP contribution in [0.15, 0.2) is 36.4 Å². The molecule has 0 spiro atoms. The lowest BCUT2D eigenvalue weighted by atomic mass is 9.97. The number of benzene rings is 2. The molecule has 2 aromatic carbocycles. The molecule has 0 aliphatic rings. The Morgan fingerprint density at radius 2 is 1.37 bits per heavy atom. The van der Waals surface area contributed by atoms with Crippen molar-refractivity contribution in [2.24, 2.45) is 0 Å². The van der Waals surface area contributed by atoms with E-state index in [9.17, 15) is 9.59 Å². The van der Waals surface area contributed by atoms with Crippen molar-refractivity contribution in [2.45, 2.75) is 80.6 Å². The number of carbonyl (C=O) groups excluding carboxylic acids is 2. The lowest BCUT2D eigenvalue weighted by Crippen LogP contribution is -2.53. The van der Waals surface area contributed by atoms with Gasteiger partial charge in [0.05, 0.1) is 26.2 Å². The Hall–Kier alpha value is -2.50. The summed E-state index contributed by atoms with van der Waals surface area (Å²) in [4.78, 5) is 28.6. The van der Waals surface area contributed by atoms with E-state index in [0.717, 1.165) is 79.7 Å². The maximum absolute atomic E-state index is 13.3. The molecule has 1 amide bonds. The number of ketones is 1. The Bertz CT molecular complexity index is 1010. The van der Waals surface area contributed by atoms with Gasteiger partial charge in [-0.2, -0.15) is 0 Å². The van der Waals surface area contributed by atoms with Crippen LogP contribution in [0, 0.1) is 27.7 Å². The first-order valence-corrected chi connectivity index (χ1v) is 14.6. The highest BCUT2D eigenvalue weighted by atomic mass is 16.2. The zero-order chi connectivity index (χ0) is 28.1. The van der Waals surface area contributed by atoms with E-state index in [0.29, 0.717) is 25.3 Å². The van der Waals surface area contributed by atoms with Gasteiger partial charge in [-0.05, 0) is 81.8 Å². The molecule has 1 atom stereocenters. The Labute approximate surface area is 232 Å². The van der Waals surface area contributed by atoms with E-state index < -0.39 is 0 Å². The highest BCUT2D eigenvalue weighted by Gasteiger charge is 2.28. The number of carbonyl (C=O) groups is 2. The number of aryl methyl sites for hydroxylation is 4. The molecular formula is C33H52N3O2+. The van der Waals surface area contributed by atoms with Crippen molar-refractivity contribution < 1.29 is 14.1 Å². The van der Waals surface area contributed by atoms with Gasteiger partial charge < -0.3 is 9.80 Å². The van der Waals surface area contributed by atoms with Crippen molar-refractivity contribution in [2.75, 3.05) is 51.1 Å². The van der Waals surface area contributed by atoms with Crippen molar-refractivity contribution in [3.8, 4) is 0 Å². The van der Waals surface area contributed by atoms with Crippen LogP contribution in [-0.2, 0) is 16.0 Å². The average molecular weight is 523 g/mol. The number of Topliss-reactive ketones (excluding diaryl/α,β-unsaturated/α-hetero) is 1. The number of hydrogen-bond acceptors (Lipinski definition) is 3. The van der Waals surface area contributed by atoms with Gasteiger partial charge in [-0.1, -0.05) is 56.7 Å². The van der Waals surface area contributed by atoms with E-state index in [2.05, 4.69) is 63.0 Å². The number of para-hydroxylation sites is 1. The van der Waals surface area contributed by atoms with Crippen molar-refractivity contribution in [3.05, 3.63) is 64.2 Å². The number of anilines is 1. The van der Waals surface area contributed by atoms with E-state index in [4.69, 9.17) is 0 Å². The summed E-state index contributed by atoms with van der Waals surface area (Å²) in [6.07, 6.45) is 4.73. The van der Waals surface area contributed by atoms with Gasteiger partial charge in [-0.3, -0.25) is 14.5 Å². The molecule has 0 aromatic heterocycles. The minimum absolute atomic E-state index is 0.0482. The second-order valence-electron chi connectivity index (χ2n) is 11.1. The molecule has 0 saturated carbocycles. The van der Waals surface area contributed by atoms with Gasteiger partial charge in [0.1, 0.15) is 6.54 Å². The fraction of sp³-hybridized carbons (Fsp3) is 0.576. The molecule has 38 heavy (non-hydrogen) atoms. The molecular weight excluding hydrogens is 470 g/mol. The van der Waals surface area contributed by atoms with Crippen LogP contribution in [0.4, 0.5) is 5.69 Å². The second kappa shape index (κ2) is 15.8. The third-order valence-electron chi connectivity index (χ3n) is 7.95. The fourth-order valence-electron chi connectivity index (χ4n) is 5.60. The SMILES string of the molecule is CCCCN(CCC[N+](CC)(CCC)CC(=O)Cc1c(C)cccc1C)CC(=O)Nc1c(C)cccc1C. The summed E-state index contributed by atoms with van der Waals surface area (Å²) in [5.41, 5.74) is 6.70. The normalized spacial score (nSPS) is 12.9. The predicted molar refractivity (Wildman–Crippen MR) is 161 cm³/mol. The Kier molecular flexibility index (Phi) is 13.2. The molecule has 0 radical (unpaired) electrons. The molecule has 0 saturated heterocycles. The highest BCUT2D eigenvalue weighted by Crippen LogP contribution is 2.20. The van der Waals surface area contributed by atoms with E-state index >= 15 is 0 Å². The zero-order valence-electron chi connectivity index (χ0n) is 25.2. The van der Waals surface area contributed by atoms with Gasteiger partial charge in [-0.25, -0.2) is 0 Å². The van der Waals surface area contributed by atoms with Gasteiger partial charge in [0, 0.05) is 25.1 Å². The first-order valence-electron chi connectivity index (χ1n) is 14.6. The number of likely N-dealkylation sites (N-methyl/N-ethyl adjacent to an activating group) is 1. The van der Waals surface area contributed by atoms with Gasteiger partial charge in [0.2, 0.25) is 5.91 Å². The quantitative estimate of drug-likeness (QED) is 0.244. The molecule has 0 bridgehead atoms. The van der Waals surface area contributed by atoms with Crippen molar-refractivity contribution in [1.29, 1.82) is 0 Å². The number of quaternary nitrogens is 1. The third-order valence-corrected chi connectivity index (χ3v) is 7.95. The first-order chi connectivity index (χ1) is 18.1. The van der Waals surface area contributed by atoms with E-state index in [-0.39, 0.29) is 5.91 Å². The molecule has 0 fully saturated rings. The van der Waals surface area contributed by atoms with E-state index in [1.165, 1.54) is 16.7 Å². The molecule has 1 unspecified atom stereocenters. The monoisotopic (exact) mass is 522 g/mol. The average Bonchev–Trinajstić information content (AvgIpc) is 2.87. The summed E-state index contributed by atoms with van der Waals surface area (Å²) < 4.78 is 0.830. The summed E-state index contributed by atoms with van der Waals surface area (Å²) in [6, 6.07) is 12.4. The third kappa shape index (κ3) is 9.67. The minimum Gasteiger partial charge on any atom is -0.324 e. The molecule has 1 N–H and O–H groups in total. The summed E-state index contributed by atoms with van der Waals surface area (Å²) >= 11 is 0. The van der Waals surface area contributed by atoms with Crippen LogP contribution in [0.5, 0.6) is 0 Å². The maximum Gasteiger partial charge on any atom is 0.238 e. The molecule has 2 rings (SSSR count).